The van der Waals surface area contributed by atoms with Gasteiger partial charge in [-0.25, -0.2) is 0 Å². The van der Waals surface area contributed by atoms with Gasteiger partial charge in [-0.2, -0.15) is 0 Å². The highest BCUT2D eigenvalue weighted by molar-refractivity contribution is 7.99. The van der Waals surface area contributed by atoms with Gasteiger partial charge >= 0.3 is 0 Å². The highest BCUT2D eigenvalue weighted by atomic mass is 32.2. The van der Waals surface area contributed by atoms with Crippen LogP contribution in [0.15, 0.2) is 84.5 Å². The molecule has 1 amide bonds. The number of hydrogen-bond donors (Lipinski definition) is 1. The molecule has 0 bridgehead atoms. The molecule has 0 fully saturated rings. The molecule has 0 atom stereocenters. The second-order valence-corrected chi connectivity index (χ2v) is 7.09. The Kier molecular flexibility index (Phi) is 5.92. The zero-order chi connectivity index (χ0) is 19.9. The van der Waals surface area contributed by atoms with Crippen LogP contribution in [0.5, 0.6) is 0 Å². The van der Waals surface area contributed by atoms with Crippen molar-refractivity contribution in [3.8, 4) is 17.1 Å². The SMILES string of the molecule is O=C(CSc1nnc(-c2cccnc2)n1-c1ccccc1)NCc1cccnc1. The number of carbonyl (C=O) groups is 1. The molecule has 3 aromatic heterocycles. The van der Waals surface area contributed by atoms with Crippen molar-refractivity contribution < 1.29 is 4.79 Å². The number of amides is 1. The first-order valence-electron chi connectivity index (χ1n) is 9.01. The van der Waals surface area contributed by atoms with Gasteiger partial charge in [0, 0.05) is 42.6 Å². The summed E-state index contributed by atoms with van der Waals surface area (Å²) in [5.41, 5.74) is 2.74. The van der Waals surface area contributed by atoms with Crippen LogP contribution in [0.3, 0.4) is 0 Å². The van der Waals surface area contributed by atoms with Crippen LogP contribution in [0, 0.1) is 0 Å². The second-order valence-electron chi connectivity index (χ2n) is 6.15. The normalized spacial score (nSPS) is 10.6. The van der Waals surface area contributed by atoms with Gasteiger partial charge in [0.1, 0.15) is 0 Å². The van der Waals surface area contributed by atoms with Crippen molar-refractivity contribution >= 4 is 17.7 Å². The summed E-state index contributed by atoms with van der Waals surface area (Å²) in [6.45, 7) is 0.444. The monoisotopic (exact) mass is 402 g/mol. The first-order valence-corrected chi connectivity index (χ1v) is 9.99. The molecule has 144 valence electrons. The van der Waals surface area contributed by atoms with Crippen LogP contribution in [-0.4, -0.2) is 36.4 Å². The summed E-state index contributed by atoms with van der Waals surface area (Å²) in [6.07, 6.45) is 6.91. The topological polar surface area (TPSA) is 85.6 Å². The van der Waals surface area contributed by atoms with Crippen molar-refractivity contribution in [3.63, 3.8) is 0 Å². The molecule has 4 rings (SSSR count). The minimum Gasteiger partial charge on any atom is -0.351 e. The molecule has 4 aromatic rings. The fourth-order valence-electron chi connectivity index (χ4n) is 2.74. The molecule has 7 nitrogen and oxygen atoms in total. The lowest BCUT2D eigenvalue weighted by molar-refractivity contribution is -0.118. The summed E-state index contributed by atoms with van der Waals surface area (Å²) < 4.78 is 1.94. The van der Waals surface area contributed by atoms with E-state index < -0.39 is 0 Å². The van der Waals surface area contributed by atoms with E-state index in [2.05, 4.69) is 25.5 Å². The van der Waals surface area contributed by atoms with Gasteiger partial charge in [-0.15, -0.1) is 10.2 Å². The molecule has 0 aliphatic heterocycles. The van der Waals surface area contributed by atoms with E-state index in [1.165, 1.54) is 11.8 Å². The Hall–Kier alpha value is -3.52. The minimum absolute atomic E-state index is 0.0793. The molecule has 0 saturated heterocycles. The number of nitrogens with zero attached hydrogens (tertiary/aromatic N) is 5. The van der Waals surface area contributed by atoms with Crippen LogP contribution >= 0.6 is 11.8 Å². The van der Waals surface area contributed by atoms with E-state index in [1.807, 2.05) is 59.2 Å². The van der Waals surface area contributed by atoms with Gasteiger partial charge in [-0.1, -0.05) is 36.0 Å². The molecule has 1 aromatic carbocycles. The quantitative estimate of drug-likeness (QED) is 0.478. The molecule has 8 heteroatoms. The molecular weight excluding hydrogens is 384 g/mol. The summed E-state index contributed by atoms with van der Waals surface area (Å²) in [5.74, 6) is 0.838. The predicted molar refractivity (Wildman–Crippen MR) is 111 cm³/mol. The number of hydrogen-bond acceptors (Lipinski definition) is 6. The van der Waals surface area contributed by atoms with Crippen molar-refractivity contribution in [2.45, 2.75) is 11.7 Å². The fraction of sp³-hybridized carbons (Fsp3) is 0.0952. The van der Waals surface area contributed by atoms with Crippen LogP contribution in [0.25, 0.3) is 17.1 Å². The molecule has 0 unspecified atom stereocenters. The van der Waals surface area contributed by atoms with E-state index in [0.717, 1.165) is 16.8 Å². The molecule has 3 heterocycles. The zero-order valence-electron chi connectivity index (χ0n) is 15.5. The van der Waals surface area contributed by atoms with E-state index in [-0.39, 0.29) is 11.7 Å². The van der Waals surface area contributed by atoms with Crippen molar-refractivity contribution in [2.75, 3.05) is 5.75 Å². The summed E-state index contributed by atoms with van der Waals surface area (Å²) in [5, 5.41) is 12.2. The smallest absolute Gasteiger partial charge is 0.230 e. The van der Waals surface area contributed by atoms with Crippen LogP contribution < -0.4 is 5.32 Å². The lowest BCUT2D eigenvalue weighted by Gasteiger charge is -2.10. The summed E-state index contributed by atoms with van der Waals surface area (Å²) in [4.78, 5) is 20.5. The Morgan fingerprint density at radius 1 is 0.931 bits per heavy atom. The predicted octanol–water partition coefficient (Wildman–Crippen LogP) is 3.13. The van der Waals surface area contributed by atoms with Gasteiger partial charge in [0.15, 0.2) is 11.0 Å². The van der Waals surface area contributed by atoms with Crippen LogP contribution in [0.4, 0.5) is 0 Å². The van der Waals surface area contributed by atoms with Gasteiger partial charge in [-0.3, -0.25) is 19.3 Å². The first-order chi connectivity index (χ1) is 14.3. The number of pyridine rings is 2. The van der Waals surface area contributed by atoms with Gasteiger partial charge in [-0.05, 0) is 35.9 Å². The van der Waals surface area contributed by atoms with E-state index >= 15 is 0 Å². The van der Waals surface area contributed by atoms with Crippen molar-refractivity contribution in [1.29, 1.82) is 0 Å². The number of aromatic nitrogens is 5. The third kappa shape index (κ3) is 4.67. The average Bonchev–Trinajstić information content (AvgIpc) is 3.22. The molecular formula is C21H18N6OS. The third-order valence-corrected chi connectivity index (χ3v) is 5.04. The van der Waals surface area contributed by atoms with Crippen LogP contribution in [-0.2, 0) is 11.3 Å². The summed E-state index contributed by atoms with van der Waals surface area (Å²) >= 11 is 1.34. The third-order valence-electron chi connectivity index (χ3n) is 4.11. The number of thioether (sulfide) groups is 1. The molecule has 0 saturated carbocycles. The number of nitrogens with one attached hydrogen (secondary N) is 1. The maximum Gasteiger partial charge on any atom is 0.230 e. The van der Waals surface area contributed by atoms with E-state index in [9.17, 15) is 4.79 Å². The van der Waals surface area contributed by atoms with Crippen LogP contribution in [0.2, 0.25) is 0 Å². The lowest BCUT2D eigenvalue weighted by atomic mass is 10.2. The van der Waals surface area contributed by atoms with Crippen LogP contribution in [0.1, 0.15) is 5.56 Å². The standard InChI is InChI=1S/C21H18N6OS/c28-19(24-13-16-6-4-10-22-12-16)15-29-21-26-25-20(17-7-5-11-23-14-17)27(21)18-8-2-1-3-9-18/h1-12,14H,13,15H2,(H,24,28). The Balaban J connectivity index is 1.51. The molecule has 29 heavy (non-hydrogen) atoms. The zero-order valence-corrected chi connectivity index (χ0v) is 16.3. The van der Waals surface area contributed by atoms with Gasteiger partial charge in [0.05, 0.1) is 5.75 Å². The highest BCUT2D eigenvalue weighted by Crippen LogP contribution is 2.27. The number of benzene rings is 1. The maximum atomic E-state index is 12.3. The van der Waals surface area contributed by atoms with Gasteiger partial charge in [0.25, 0.3) is 0 Å². The number of carbonyl (C=O) groups excluding carboxylic acids is 1. The Morgan fingerprint density at radius 3 is 2.45 bits per heavy atom. The van der Waals surface area contributed by atoms with Gasteiger partial charge in [0.2, 0.25) is 5.91 Å². The summed E-state index contributed by atoms with van der Waals surface area (Å²) in [6, 6.07) is 17.4. The first kappa shape index (κ1) is 18.8. The average molecular weight is 402 g/mol. The Labute approximate surface area is 172 Å². The summed E-state index contributed by atoms with van der Waals surface area (Å²) in [7, 11) is 0. The lowest BCUT2D eigenvalue weighted by Crippen LogP contribution is -2.24. The molecule has 0 radical (unpaired) electrons. The van der Waals surface area contributed by atoms with E-state index in [4.69, 9.17) is 0 Å². The van der Waals surface area contributed by atoms with Crippen molar-refractivity contribution in [3.05, 3.63) is 84.9 Å². The van der Waals surface area contributed by atoms with E-state index in [1.54, 1.807) is 24.8 Å². The van der Waals surface area contributed by atoms with Crippen molar-refractivity contribution in [1.82, 2.24) is 30.0 Å². The highest BCUT2D eigenvalue weighted by Gasteiger charge is 2.17. The van der Waals surface area contributed by atoms with Gasteiger partial charge < -0.3 is 5.32 Å². The van der Waals surface area contributed by atoms with Crippen molar-refractivity contribution in [2.24, 2.45) is 0 Å². The minimum atomic E-state index is -0.0793. The molecule has 0 spiro atoms. The second kappa shape index (κ2) is 9.11. The Bertz CT molecular complexity index is 1070. The number of para-hydroxylation sites is 1. The Morgan fingerprint density at radius 2 is 1.72 bits per heavy atom. The molecule has 1 N–H and O–H groups in total. The maximum absolute atomic E-state index is 12.3. The van der Waals surface area contributed by atoms with E-state index in [0.29, 0.717) is 17.5 Å². The molecule has 0 aliphatic rings. The molecule has 0 aliphatic carbocycles. The number of rotatable bonds is 7. The fourth-order valence-corrected chi connectivity index (χ4v) is 3.52. The largest absolute Gasteiger partial charge is 0.351 e.